The van der Waals surface area contributed by atoms with Gasteiger partial charge in [0.25, 0.3) is 0 Å². The number of carbonyl (C=O) groups is 2. The molecule has 9 nitrogen and oxygen atoms in total. The number of benzene rings is 1. The van der Waals surface area contributed by atoms with Gasteiger partial charge in [0.1, 0.15) is 6.61 Å². The molecule has 1 saturated carbocycles. The zero-order valence-corrected chi connectivity index (χ0v) is 18.7. The van der Waals surface area contributed by atoms with E-state index in [0.717, 1.165) is 37.7 Å². The molecule has 0 spiro atoms. The first kappa shape index (κ1) is 22.2. The molecule has 0 bridgehead atoms. The predicted molar refractivity (Wildman–Crippen MR) is 117 cm³/mol. The van der Waals surface area contributed by atoms with Gasteiger partial charge in [-0.15, -0.1) is 5.10 Å². The van der Waals surface area contributed by atoms with Crippen molar-refractivity contribution in [3.05, 3.63) is 41.7 Å². The van der Waals surface area contributed by atoms with E-state index in [9.17, 15) is 9.59 Å². The first-order valence-electron chi connectivity index (χ1n) is 11.6. The number of aryl methyl sites for hydroxylation is 1. The fourth-order valence-electron chi connectivity index (χ4n) is 4.95. The van der Waals surface area contributed by atoms with E-state index in [1.807, 2.05) is 35.2 Å². The lowest BCUT2D eigenvalue weighted by Crippen LogP contribution is -2.42. The SMILES string of the molecule is Cn1nnnc1[C@@H]1CCCN1C(=O)[C@@H](CNC(=O)OCc1ccccc1)CC1CCCC1. The third-order valence-corrected chi connectivity index (χ3v) is 6.63. The second-order valence-electron chi connectivity index (χ2n) is 8.88. The average molecular weight is 441 g/mol. The Morgan fingerprint density at radius 1 is 1.16 bits per heavy atom. The number of aromatic nitrogens is 4. The maximum absolute atomic E-state index is 13.6. The first-order chi connectivity index (χ1) is 15.6. The molecule has 32 heavy (non-hydrogen) atoms. The topological polar surface area (TPSA) is 102 Å². The van der Waals surface area contributed by atoms with Crippen molar-refractivity contribution in [1.29, 1.82) is 0 Å². The molecule has 2 fully saturated rings. The van der Waals surface area contributed by atoms with Crippen LogP contribution in [0.5, 0.6) is 0 Å². The van der Waals surface area contributed by atoms with Crippen molar-refractivity contribution in [1.82, 2.24) is 30.4 Å². The number of ether oxygens (including phenoxy) is 1. The van der Waals surface area contributed by atoms with Crippen molar-refractivity contribution in [2.24, 2.45) is 18.9 Å². The molecule has 2 heterocycles. The summed E-state index contributed by atoms with van der Waals surface area (Å²) in [4.78, 5) is 27.8. The molecule has 1 aliphatic heterocycles. The standard InChI is InChI=1S/C23H32N6O3/c1-28-21(25-26-27-28)20-12-7-13-29(20)22(30)19(14-17-8-5-6-9-17)15-24-23(31)32-16-18-10-3-2-4-11-18/h2-4,10-11,17,19-20H,5-9,12-16H2,1H3,(H,24,31)/t19-,20+/m1/s1. The fourth-order valence-corrected chi connectivity index (χ4v) is 4.95. The second-order valence-corrected chi connectivity index (χ2v) is 8.88. The van der Waals surface area contributed by atoms with Crippen molar-refractivity contribution in [3.63, 3.8) is 0 Å². The number of alkyl carbamates (subject to hydrolysis) is 1. The van der Waals surface area contributed by atoms with Gasteiger partial charge in [-0.05, 0) is 41.2 Å². The molecular weight excluding hydrogens is 408 g/mol. The second kappa shape index (κ2) is 10.6. The minimum Gasteiger partial charge on any atom is -0.445 e. The number of carbonyl (C=O) groups excluding carboxylic acids is 2. The zero-order chi connectivity index (χ0) is 22.3. The van der Waals surface area contributed by atoms with Crippen LogP contribution in [0.2, 0.25) is 0 Å². The van der Waals surface area contributed by atoms with Crippen molar-refractivity contribution in [2.45, 2.75) is 57.6 Å². The third-order valence-electron chi connectivity index (χ3n) is 6.63. The maximum Gasteiger partial charge on any atom is 0.407 e. The van der Waals surface area contributed by atoms with E-state index in [2.05, 4.69) is 20.8 Å². The van der Waals surface area contributed by atoms with Gasteiger partial charge in [0.05, 0.1) is 12.0 Å². The Hall–Kier alpha value is -2.97. The van der Waals surface area contributed by atoms with Crippen LogP contribution in [0, 0.1) is 11.8 Å². The molecule has 2 atom stereocenters. The van der Waals surface area contributed by atoms with Crippen molar-refractivity contribution in [3.8, 4) is 0 Å². The van der Waals surface area contributed by atoms with E-state index in [1.165, 1.54) is 12.8 Å². The van der Waals surface area contributed by atoms with E-state index < -0.39 is 6.09 Å². The van der Waals surface area contributed by atoms with Crippen LogP contribution in [-0.2, 0) is 23.2 Å². The van der Waals surface area contributed by atoms with Gasteiger partial charge in [-0.1, -0.05) is 56.0 Å². The summed E-state index contributed by atoms with van der Waals surface area (Å²) in [6, 6.07) is 9.45. The monoisotopic (exact) mass is 440 g/mol. The van der Waals surface area contributed by atoms with Crippen LogP contribution in [0.1, 0.15) is 62.4 Å². The Kier molecular flexibility index (Phi) is 7.34. The largest absolute Gasteiger partial charge is 0.445 e. The predicted octanol–water partition coefficient (Wildman–Crippen LogP) is 3.00. The summed E-state index contributed by atoms with van der Waals surface area (Å²) < 4.78 is 6.98. The Morgan fingerprint density at radius 3 is 2.66 bits per heavy atom. The van der Waals surface area contributed by atoms with Gasteiger partial charge in [0.2, 0.25) is 5.91 Å². The molecule has 0 radical (unpaired) electrons. The minimum atomic E-state index is -0.492. The number of hydrogen-bond donors (Lipinski definition) is 1. The molecule has 2 aliphatic rings. The lowest BCUT2D eigenvalue weighted by Gasteiger charge is -2.29. The summed E-state index contributed by atoms with van der Waals surface area (Å²) in [5, 5.41) is 14.7. The minimum absolute atomic E-state index is 0.0748. The highest BCUT2D eigenvalue weighted by atomic mass is 16.5. The Labute approximate surface area is 188 Å². The molecule has 1 aromatic heterocycles. The summed E-state index contributed by atoms with van der Waals surface area (Å²) in [5.41, 5.74) is 0.929. The number of nitrogens with zero attached hydrogens (tertiary/aromatic N) is 5. The van der Waals surface area contributed by atoms with Crippen LogP contribution in [0.4, 0.5) is 4.79 Å². The van der Waals surface area contributed by atoms with Gasteiger partial charge >= 0.3 is 6.09 Å². The van der Waals surface area contributed by atoms with Crippen LogP contribution in [0.25, 0.3) is 0 Å². The normalized spacial score (nSPS) is 19.8. The highest BCUT2D eigenvalue weighted by molar-refractivity contribution is 5.80. The van der Waals surface area contributed by atoms with Crippen LogP contribution in [0.15, 0.2) is 30.3 Å². The first-order valence-corrected chi connectivity index (χ1v) is 11.6. The number of hydrogen-bond acceptors (Lipinski definition) is 6. The van der Waals surface area contributed by atoms with Gasteiger partial charge in [-0.2, -0.15) is 0 Å². The summed E-state index contributed by atoms with van der Waals surface area (Å²) in [6.07, 6.45) is 6.81. The quantitative estimate of drug-likeness (QED) is 0.677. The number of rotatable bonds is 8. The van der Waals surface area contributed by atoms with E-state index in [1.54, 1.807) is 11.7 Å². The lowest BCUT2D eigenvalue weighted by molar-refractivity contribution is -0.137. The molecule has 9 heteroatoms. The molecule has 1 aliphatic carbocycles. The smallest absolute Gasteiger partial charge is 0.407 e. The van der Waals surface area contributed by atoms with Crippen molar-refractivity contribution >= 4 is 12.0 Å². The molecule has 1 N–H and O–H groups in total. The molecule has 0 unspecified atom stereocenters. The summed E-state index contributed by atoms with van der Waals surface area (Å²) >= 11 is 0. The highest BCUT2D eigenvalue weighted by Crippen LogP contribution is 2.35. The molecule has 172 valence electrons. The van der Waals surface area contributed by atoms with Crippen LogP contribution in [-0.4, -0.2) is 50.2 Å². The van der Waals surface area contributed by atoms with E-state index in [-0.39, 0.29) is 31.0 Å². The van der Waals surface area contributed by atoms with Gasteiger partial charge in [-0.3, -0.25) is 4.79 Å². The maximum atomic E-state index is 13.6. The van der Waals surface area contributed by atoms with E-state index in [0.29, 0.717) is 18.3 Å². The van der Waals surface area contributed by atoms with Crippen molar-refractivity contribution < 1.29 is 14.3 Å². The molecular formula is C23H32N6O3. The molecule has 1 saturated heterocycles. The number of tetrazole rings is 1. The number of nitrogens with one attached hydrogen (secondary N) is 1. The third kappa shape index (κ3) is 5.44. The van der Waals surface area contributed by atoms with Crippen LogP contribution < -0.4 is 5.32 Å². The Morgan fingerprint density at radius 2 is 1.94 bits per heavy atom. The lowest BCUT2D eigenvalue weighted by atomic mass is 9.91. The van der Waals surface area contributed by atoms with Crippen LogP contribution in [0.3, 0.4) is 0 Å². The number of amides is 2. The zero-order valence-electron chi connectivity index (χ0n) is 18.7. The molecule has 1 aromatic carbocycles. The number of likely N-dealkylation sites (tertiary alicyclic amines) is 1. The van der Waals surface area contributed by atoms with Crippen LogP contribution >= 0.6 is 0 Å². The summed E-state index contributed by atoms with van der Waals surface area (Å²) in [7, 11) is 1.80. The molecule has 2 aromatic rings. The Balaban J connectivity index is 1.38. The highest BCUT2D eigenvalue weighted by Gasteiger charge is 2.37. The average Bonchev–Trinajstić information content (AvgIpc) is 3.57. The summed E-state index contributed by atoms with van der Waals surface area (Å²) in [6.45, 7) is 1.18. The van der Waals surface area contributed by atoms with Crippen molar-refractivity contribution in [2.75, 3.05) is 13.1 Å². The van der Waals surface area contributed by atoms with Gasteiger partial charge in [0.15, 0.2) is 5.82 Å². The van der Waals surface area contributed by atoms with Gasteiger partial charge in [-0.25, -0.2) is 9.48 Å². The summed E-state index contributed by atoms with van der Waals surface area (Å²) in [5.74, 6) is 1.05. The molecule has 4 rings (SSSR count). The molecule has 2 amide bonds. The Bertz CT molecular complexity index is 896. The fraction of sp³-hybridized carbons (Fsp3) is 0.609. The van der Waals surface area contributed by atoms with Gasteiger partial charge < -0.3 is 15.0 Å². The van der Waals surface area contributed by atoms with Gasteiger partial charge in [0, 0.05) is 20.1 Å². The van der Waals surface area contributed by atoms with E-state index in [4.69, 9.17) is 4.74 Å². The van der Waals surface area contributed by atoms with E-state index >= 15 is 0 Å².